The topological polar surface area (TPSA) is 98.6 Å². The normalized spacial score (nSPS) is 21.3. The molecule has 9 nitrogen and oxygen atoms in total. The van der Waals surface area contributed by atoms with Gasteiger partial charge in [0.25, 0.3) is 5.91 Å². The van der Waals surface area contributed by atoms with Crippen LogP contribution in [-0.4, -0.2) is 66.8 Å². The number of nitrogens with zero attached hydrogens (tertiary/aromatic N) is 4. The molecule has 2 heterocycles. The fraction of sp³-hybridized carbons (Fsp3) is 0.500. The minimum Gasteiger partial charge on any atom is -0.497 e. The Kier molecular flexibility index (Phi) is 6.69. The third-order valence-electron chi connectivity index (χ3n) is 5.11. The summed E-state index contributed by atoms with van der Waals surface area (Å²) in [6.07, 6.45) is 5.40. The van der Waals surface area contributed by atoms with E-state index in [2.05, 4.69) is 27.8 Å². The predicted molar refractivity (Wildman–Crippen MR) is 111 cm³/mol. The van der Waals surface area contributed by atoms with E-state index >= 15 is 0 Å². The molecule has 0 aromatic heterocycles. The minimum absolute atomic E-state index is 0.326. The molecule has 156 valence electrons. The number of fused-ring (bicyclic) bond motifs is 1. The van der Waals surface area contributed by atoms with Crippen molar-refractivity contribution in [2.75, 3.05) is 20.7 Å². The number of imide groups is 1. The third-order valence-corrected chi connectivity index (χ3v) is 5.11. The van der Waals surface area contributed by atoms with Crippen molar-refractivity contribution in [3.63, 3.8) is 0 Å². The van der Waals surface area contributed by atoms with Crippen LogP contribution in [0.2, 0.25) is 0 Å². The zero-order valence-electron chi connectivity index (χ0n) is 17.1. The molecule has 0 saturated carbocycles. The Morgan fingerprint density at radius 3 is 2.69 bits per heavy atom. The first-order valence-corrected chi connectivity index (χ1v) is 9.90. The molecule has 1 saturated heterocycles. The monoisotopic (exact) mass is 400 g/mol. The summed E-state index contributed by atoms with van der Waals surface area (Å²) in [5, 5.41) is 6.68. The molecular weight excluding hydrogens is 372 g/mol. The van der Waals surface area contributed by atoms with E-state index in [0.717, 1.165) is 37.0 Å². The van der Waals surface area contributed by atoms with Gasteiger partial charge in [0.2, 0.25) is 5.96 Å². The minimum atomic E-state index is -0.555. The molecule has 2 aliphatic rings. The van der Waals surface area contributed by atoms with Crippen LogP contribution >= 0.6 is 0 Å². The Labute approximate surface area is 170 Å². The highest BCUT2D eigenvalue weighted by molar-refractivity contribution is 6.03. The van der Waals surface area contributed by atoms with Crippen LogP contribution < -0.4 is 15.5 Å². The van der Waals surface area contributed by atoms with Gasteiger partial charge < -0.3 is 14.5 Å². The van der Waals surface area contributed by atoms with Crippen molar-refractivity contribution in [2.45, 2.75) is 44.8 Å². The molecule has 0 radical (unpaired) electrons. The highest BCUT2D eigenvalue weighted by Gasteiger charge is 2.48. The molecule has 1 aromatic rings. The first kappa shape index (κ1) is 20.6. The van der Waals surface area contributed by atoms with Crippen molar-refractivity contribution in [1.82, 2.24) is 20.5 Å². The standard InChI is InChI=1S/C20H28N6O3/c1-4-5-6-7-12-26-16-17(25(2)20(28)23-18(16)27)22-19(26)24-21-13-14-8-10-15(29-3)11-9-14/h8-11,13,16-17H,4-7,12H2,1-3H3,(H,22,24)(H,23,27,28)/b21-13+. The van der Waals surface area contributed by atoms with Gasteiger partial charge in [-0.1, -0.05) is 26.2 Å². The number of carbonyl (C=O) groups is 2. The van der Waals surface area contributed by atoms with E-state index in [1.54, 1.807) is 20.4 Å². The van der Waals surface area contributed by atoms with Crippen LogP contribution in [0, 0.1) is 0 Å². The Bertz CT molecular complexity index is 792. The molecule has 9 heteroatoms. The lowest BCUT2D eigenvalue weighted by Gasteiger charge is -2.36. The van der Waals surface area contributed by atoms with E-state index in [9.17, 15) is 9.59 Å². The SMILES string of the molecule is CCCCCCN1C(N/N=C/c2ccc(OC)cc2)=NC2C1C(=O)NC(=O)N2C. The van der Waals surface area contributed by atoms with Gasteiger partial charge in [0.05, 0.1) is 13.3 Å². The number of ether oxygens (including phenoxy) is 1. The lowest BCUT2D eigenvalue weighted by molar-refractivity contribution is -0.127. The fourth-order valence-corrected chi connectivity index (χ4v) is 3.43. The first-order valence-electron chi connectivity index (χ1n) is 9.90. The average Bonchev–Trinajstić information content (AvgIpc) is 3.09. The molecule has 29 heavy (non-hydrogen) atoms. The molecule has 1 fully saturated rings. The van der Waals surface area contributed by atoms with Crippen LogP contribution in [0.3, 0.4) is 0 Å². The van der Waals surface area contributed by atoms with Gasteiger partial charge >= 0.3 is 6.03 Å². The van der Waals surface area contributed by atoms with E-state index in [0.29, 0.717) is 12.5 Å². The number of carbonyl (C=O) groups excluding carboxylic acids is 2. The van der Waals surface area contributed by atoms with Gasteiger partial charge in [-0.3, -0.25) is 10.1 Å². The summed E-state index contributed by atoms with van der Waals surface area (Å²) in [6, 6.07) is 6.51. The van der Waals surface area contributed by atoms with Gasteiger partial charge in [0.15, 0.2) is 12.2 Å². The molecule has 0 aliphatic carbocycles. The quantitative estimate of drug-likeness (QED) is 0.394. The van der Waals surface area contributed by atoms with Crippen LogP contribution in [0.15, 0.2) is 34.4 Å². The maximum Gasteiger partial charge on any atom is 0.325 e. The lowest BCUT2D eigenvalue weighted by Crippen LogP contribution is -2.64. The number of aliphatic imine (C=N–C) groups is 1. The lowest BCUT2D eigenvalue weighted by atomic mass is 10.1. The van der Waals surface area contributed by atoms with Crippen molar-refractivity contribution in [3.8, 4) is 5.75 Å². The third kappa shape index (κ3) is 4.67. The molecule has 0 spiro atoms. The number of unbranched alkanes of at least 4 members (excludes halogenated alkanes) is 3. The van der Waals surface area contributed by atoms with Crippen molar-refractivity contribution >= 4 is 24.1 Å². The van der Waals surface area contributed by atoms with Crippen molar-refractivity contribution < 1.29 is 14.3 Å². The van der Waals surface area contributed by atoms with Gasteiger partial charge in [0.1, 0.15) is 5.75 Å². The zero-order chi connectivity index (χ0) is 20.8. The van der Waals surface area contributed by atoms with E-state index in [1.807, 2.05) is 29.2 Å². The van der Waals surface area contributed by atoms with Crippen LogP contribution in [0.25, 0.3) is 0 Å². The number of hydrogen-bond acceptors (Lipinski definition) is 7. The van der Waals surface area contributed by atoms with E-state index < -0.39 is 18.2 Å². The first-order chi connectivity index (χ1) is 14.0. The summed E-state index contributed by atoms with van der Waals surface area (Å²) in [5.41, 5.74) is 3.86. The van der Waals surface area contributed by atoms with Gasteiger partial charge in [-0.2, -0.15) is 5.10 Å². The van der Waals surface area contributed by atoms with Gasteiger partial charge in [-0.05, 0) is 36.2 Å². The number of methoxy groups -OCH3 is 1. The Hall–Kier alpha value is -3.10. The number of hydrazone groups is 1. The van der Waals surface area contributed by atoms with E-state index in [-0.39, 0.29) is 5.91 Å². The molecule has 2 aliphatic heterocycles. The second-order valence-corrected chi connectivity index (χ2v) is 7.11. The number of rotatable bonds is 8. The second kappa shape index (κ2) is 9.40. The fourth-order valence-electron chi connectivity index (χ4n) is 3.43. The number of guanidine groups is 1. The van der Waals surface area contributed by atoms with Crippen LogP contribution in [0.1, 0.15) is 38.2 Å². The largest absolute Gasteiger partial charge is 0.497 e. The summed E-state index contributed by atoms with van der Waals surface area (Å²) in [6.45, 7) is 2.82. The summed E-state index contributed by atoms with van der Waals surface area (Å²) in [7, 11) is 3.26. The number of urea groups is 1. The summed E-state index contributed by atoms with van der Waals surface area (Å²) in [5.74, 6) is 0.947. The van der Waals surface area contributed by atoms with Gasteiger partial charge in [0, 0.05) is 13.6 Å². The second-order valence-electron chi connectivity index (χ2n) is 7.11. The summed E-state index contributed by atoms with van der Waals surface area (Å²) >= 11 is 0. The smallest absolute Gasteiger partial charge is 0.325 e. The Balaban J connectivity index is 1.72. The summed E-state index contributed by atoms with van der Waals surface area (Å²) < 4.78 is 5.15. The van der Waals surface area contributed by atoms with Crippen molar-refractivity contribution in [2.24, 2.45) is 10.1 Å². The Morgan fingerprint density at radius 2 is 2.00 bits per heavy atom. The number of nitrogens with one attached hydrogen (secondary N) is 2. The molecule has 3 rings (SSSR count). The molecule has 2 unspecified atom stereocenters. The highest BCUT2D eigenvalue weighted by atomic mass is 16.5. The summed E-state index contributed by atoms with van der Waals surface area (Å²) in [4.78, 5) is 32.4. The van der Waals surface area contributed by atoms with Crippen molar-refractivity contribution in [3.05, 3.63) is 29.8 Å². The van der Waals surface area contributed by atoms with Crippen LogP contribution in [0.4, 0.5) is 4.79 Å². The van der Waals surface area contributed by atoms with E-state index in [4.69, 9.17) is 4.74 Å². The molecule has 2 atom stereocenters. The molecule has 3 amide bonds. The van der Waals surface area contributed by atoms with Crippen LogP contribution in [0.5, 0.6) is 5.75 Å². The number of amides is 3. The van der Waals surface area contributed by atoms with E-state index in [1.165, 1.54) is 4.90 Å². The zero-order valence-corrected chi connectivity index (χ0v) is 17.1. The number of likely N-dealkylation sites (N-methyl/N-ethyl adjacent to an activating group) is 1. The average molecular weight is 400 g/mol. The molecule has 1 aromatic carbocycles. The van der Waals surface area contributed by atoms with Crippen LogP contribution in [-0.2, 0) is 4.79 Å². The number of hydrogen-bond donors (Lipinski definition) is 2. The van der Waals surface area contributed by atoms with Gasteiger partial charge in [-0.15, -0.1) is 0 Å². The molecule has 0 bridgehead atoms. The maximum atomic E-state index is 12.5. The van der Waals surface area contributed by atoms with Gasteiger partial charge in [-0.25, -0.2) is 15.2 Å². The number of benzene rings is 1. The Morgan fingerprint density at radius 1 is 1.24 bits per heavy atom. The predicted octanol–water partition coefficient (Wildman–Crippen LogP) is 1.75. The van der Waals surface area contributed by atoms with Crippen molar-refractivity contribution in [1.29, 1.82) is 0 Å². The molecular formula is C20H28N6O3. The molecule has 2 N–H and O–H groups in total. The highest BCUT2D eigenvalue weighted by Crippen LogP contribution is 2.24. The maximum absolute atomic E-state index is 12.5.